The van der Waals surface area contributed by atoms with Crippen molar-refractivity contribution in [2.45, 2.75) is 25.8 Å². The van der Waals surface area contributed by atoms with E-state index in [0.717, 1.165) is 25.9 Å². The minimum Gasteiger partial charge on any atom is -0.469 e. The Labute approximate surface area is 207 Å². The Morgan fingerprint density at radius 2 is 1.46 bits per heavy atom. The van der Waals surface area contributed by atoms with Crippen molar-refractivity contribution in [2.75, 3.05) is 39.3 Å². The number of likely N-dealkylation sites (tertiary alicyclic amines) is 1. The first-order valence-electron chi connectivity index (χ1n) is 12.6. The molecule has 2 aliphatic rings. The fourth-order valence-corrected chi connectivity index (χ4v) is 5.48. The molecule has 2 amide bonds. The van der Waals surface area contributed by atoms with E-state index in [-0.39, 0.29) is 23.8 Å². The summed E-state index contributed by atoms with van der Waals surface area (Å²) >= 11 is 0. The Balaban J connectivity index is 1.23. The van der Waals surface area contributed by atoms with Gasteiger partial charge in [-0.05, 0) is 37.0 Å². The summed E-state index contributed by atoms with van der Waals surface area (Å²) in [5.74, 6) is 0.644. The number of nitrogens with zero attached hydrogens (tertiary/aromatic N) is 3. The molecule has 0 radical (unpaired) electrons. The van der Waals surface area contributed by atoms with E-state index in [2.05, 4.69) is 53.4 Å². The number of amides is 2. The fraction of sp³-hybridized carbons (Fsp3) is 0.379. The Kier molecular flexibility index (Phi) is 7.00. The zero-order valence-electron chi connectivity index (χ0n) is 20.3. The molecule has 0 saturated carbocycles. The number of hydrogen-bond donors (Lipinski definition) is 0. The lowest BCUT2D eigenvalue weighted by Gasteiger charge is -2.42. The van der Waals surface area contributed by atoms with Gasteiger partial charge in [-0.25, -0.2) is 0 Å². The van der Waals surface area contributed by atoms with E-state index in [9.17, 15) is 9.59 Å². The Morgan fingerprint density at radius 3 is 2.03 bits per heavy atom. The minimum atomic E-state index is -0.134. The van der Waals surface area contributed by atoms with Gasteiger partial charge in [0.15, 0.2) is 0 Å². The van der Waals surface area contributed by atoms with Crippen molar-refractivity contribution >= 4 is 11.8 Å². The first-order chi connectivity index (χ1) is 17.1. The second kappa shape index (κ2) is 10.5. The molecule has 1 aromatic heterocycles. The van der Waals surface area contributed by atoms with E-state index in [4.69, 9.17) is 4.42 Å². The molecule has 0 aliphatic carbocycles. The second-order valence-corrected chi connectivity index (χ2v) is 9.57. The van der Waals surface area contributed by atoms with Crippen LogP contribution in [0.25, 0.3) is 0 Å². The maximum atomic E-state index is 13.4. The molecule has 182 valence electrons. The van der Waals surface area contributed by atoms with Crippen molar-refractivity contribution < 1.29 is 14.0 Å². The van der Waals surface area contributed by atoms with Crippen LogP contribution in [0.2, 0.25) is 0 Å². The number of carbonyl (C=O) groups excluding carboxylic acids is 2. The number of hydrogen-bond acceptors (Lipinski definition) is 4. The third kappa shape index (κ3) is 5.03. The zero-order valence-corrected chi connectivity index (χ0v) is 20.3. The average Bonchev–Trinajstić information content (AvgIpc) is 3.35. The molecule has 35 heavy (non-hydrogen) atoms. The number of piperazine rings is 1. The number of benzene rings is 2. The summed E-state index contributed by atoms with van der Waals surface area (Å²) in [4.78, 5) is 32.7. The first-order valence-corrected chi connectivity index (χ1v) is 12.6. The average molecular weight is 472 g/mol. The van der Waals surface area contributed by atoms with Gasteiger partial charge in [-0.15, -0.1) is 0 Å². The van der Waals surface area contributed by atoms with Gasteiger partial charge >= 0.3 is 0 Å². The van der Waals surface area contributed by atoms with Crippen LogP contribution in [-0.4, -0.2) is 65.8 Å². The van der Waals surface area contributed by atoms with Crippen molar-refractivity contribution in [1.82, 2.24) is 14.7 Å². The van der Waals surface area contributed by atoms with Crippen molar-refractivity contribution in [3.8, 4) is 0 Å². The van der Waals surface area contributed by atoms with Crippen LogP contribution in [0, 0.1) is 12.8 Å². The molecular formula is C29H33N3O3. The van der Waals surface area contributed by atoms with Crippen LogP contribution in [0.4, 0.5) is 0 Å². The number of furan rings is 1. The van der Waals surface area contributed by atoms with Crippen molar-refractivity contribution in [1.29, 1.82) is 0 Å². The highest BCUT2D eigenvalue weighted by Crippen LogP contribution is 2.30. The van der Waals surface area contributed by atoms with Crippen LogP contribution in [0.1, 0.15) is 46.1 Å². The van der Waals surface area contributed by atoms with E-state index in [1.807, 2.05) is 21.9 Å². The topological polar surface area (TPSA) is 57.0 Å². The highest BCUT2D eigenvalue weighted by atomic mass is 16.3. The van der Waals surface area contributed by atoms with Gasteiger partial charge in [0, 0.05) is 39.3 Å². The van der Waals surface area contributed by atoms with Crippen molar-refractivity contribution in [3.05, 3.63) is 95.4 Å². The summed E-state index contributed by atoms with van der Waals surface area (Å²) in [6, 6.07) is 23.1. The predicted octanol–water partition coefficient (Wildman–Crippen LogP) is 4.37. The van der Waals surface area contributed by atoms with E-state index >= 15 is 0 Å². The standard InChI is InChI=1S/C29H33N3O3/c1-22-26(14-20-35-22)29(34)32-15-8-13-25(21-32)28(33)31-18-16-30(17-19-31)27(23-9-4-2-5-10-23)24-11-6-3-7-12-24/h2-7,9-12,14,20,25,27H,8,13,15-19,21H2,1H3. The SMILES string of the molecule is Cc1occc1C(=O)N1CCCC(C(=O)N2CCN(C(c3ccccc3)c3ccccc3)CC2)C1. The summed E-state index contributed by atoms with van der Waals surface area (Å²) in [7, 11) is 0. The maximum absolute atomic E-state index is 13.4. The van der Waals surface area contributed by atoms with Crippen molar-refractivity contribution in [2.24, 2.45) is 5.92 Å². The molecule has 6 nitrogen and oxygen atoms in total. The van der Waals surface area contributed by atoms with E-state index in [1.54, 1.807) is 19.3 Å². The van der Waals surface area contributed by atoms with Crippen LogP contribution in [0.5, 0.6) is 0 Å². The predicted molar refractivity (Wildman–Crippen MR) is 135 cm³/mol. The highest BCUT2D eigenvalue weighted by Gasteiger charge is 2.34. The van der Waals surface area contributed by atoms with Gasteiger partial charge in [-0.3, -0.25) is 14.5 Å². The van der Waals surface area contributed by atoms with E-state index < -0.39 is 0 Å². The minimum absolute atomic E-state index is 0.0351. The summed E-state index contributed by atoms with van der Waals surface area (Å²) in [6.45, 7) is 6.04. The lowest BCUT2D eigenvalue weighted by Crippen LogP contribution is -2.53. The fourth-order valence-electron chi connectivity index (χ4n) is 5.48. The number of aryl methyl sites for hydroxylation is 1. The van der Waals surface area contributed by atoms with Gasteiger partial charge < -0.3 is 14.2 Å². The van der Waals surface area contributed by atoms with E-state index in [0.29, 0.717) is 37.5 Å². The molecule has 5 rings (SSSR count). The quantitative estimate of drug-likeness (QED) is 0.554. The number of piperidine rings is 1. The Hall–Kier alpha value is -3.38. The number of rotatable bonds is 5. The summed E-state index contributed by atoms with van der Waals surface area (Å²) in [6.07, 6.45) is 3.24. The van der Waals surface area contributed by atoms with E-state index in [1.165, 1.54) is 11.1 Å². The molecule has 1 atom stereocenters. The van der Waals surface area contributed by atoms with Gasteiger partial charge in [0.1, 0.15) is 5.76 Å². The van der Waals surface area contributed by atoms with Crippen LogP contribution >= 0.6 is 0 Å². The van der Waals surface area contributed by atoms with Gasteiger partial charge in [-0.1, -0.05) is 60.7 Å². The monoisotopic (exact) mass is 471 g/mol. The maximum Gasteiger partial charge on any atom is 0.257 e. The third-order valence-electron chi connectivity index (χ3n) is 7.37. The molecule has 3 heterocycles. The smallest absolute Gasteiger partial charge is 0.257 e. The molecule has 0 N–H and O–H groups in total. The molecule has 0 bridgehead atoms. The van der Waals surface area contributed by atoms with Gasteiger partial charge in [0.2, 0.25) is 5.91 Å². The molecule has 2 aromatic carbocycles. The van der Waals surface area contributed by atoms with Crippen LogP contribution < -0.4 is 0 Å². The normalized spacial score (nSPS) is 19.2. The third-order valence-corrected chi connectivity index (χ3v) is 7.37. The van der Waals surface area contributed by atoms with Gasteiger partial charge in [0.25, 0.3) is 5.91 Å². The van der Waals surface area contributed by atoms with Crippen LogP contribution in [0.3, 0.4) is 0 Å². The first kappa shape index (κ1) is 23.4. The van der Waals surface area contributed by atoms with Gasteiger partial charge in [0.05, 0.1) is 23.8 Å². The highest BCUT2D eigenvalue weighted by molar-refractivity contribution is 5.95. The molecule has 0 spiro atoms. The molecule has 2 saturated heterocycles. The second-order valence-electron chi connectivity index (χ2n) is 9.57. The van der Waals surface area contributed by atoms with Crippen LogP contribution in [-0.2, 0) is 4.79 Å². The molecular weight excluding hydrogens is 438 g/mol. The molecule has 6 heteroatoms. The summed E-state index contributed by atoms with van der Waals surface area (Å²) in [5.41, 5.74) is 3.14. The largest absolute Gasteiger partial charge is 0.469 e. The Bertz CT molecular complexity index is 1100. The summed E-state index contributed by atoms with van der Waals surface area (Å²) < 4.78 is 5.31. The molecule has 1 unspecified atom stereocenters. The van der Waals surface area contributed by atoms with Gasteiger partial charge in [-0.2, -0.15) is 0 Å². The molecule has 3 aromatic rings. The number of carbonyl (C=O) groups is 2. The lowest BCUT2D eigenvalue weighted by atomic mass is 9.94. The molecule has 2 fully saturated rings. The summed E-state index contributed by atoms with van der Waals surface area (Å²) in [5, 5.41) is 0. The zero-order chi connectivity index (χ0) is 24.2. The van der Waals surface area contributed by atoms with Crippen LogP contribution in [0.15, 0.2) is 77.4 Å². The lowest BCUT2D eigenvalue weighted by molar-refractivity contribution is -0.139. The Morgan fingerprint density at radius 1 is 0.829 bits per heavy atom. The molecule has 2 aliphatic heterocycles. The van der Waals surface area contributed by atoms with Crippen molar-refractivity contribution in [3.63, 3.8) is 0 Å².